The number of aromatic carboxylic acids is 1. The fraction of sp³-hybridized carbons (Fsp3) is 0.333. The van der Waals surface area contributed by atoms with E-state index in [2.05, 4.69) is 11.9 Å². The van der Waals surface area contributed by atoms with Crippen LogP contribution in [0.3, 0.4) is 0 Å². The van der Waals surface area contributed by atoms with E-state index in [0.717, 1.165) is 24.2 Å². The van der Waals surface area contributed by atoms with Crippen molar-refractivity contribution in [2.45, 2.75) is 26.3 Å². The van der Waals surface area contributed by atoms with Crippen molar-refractivity contribution in [2.24, 2.45) is 0 Å². The quantitative estimate of drug-likeness (QED) is 0.879. The van der Waals surface area contributed by atoms with E-state index in [1.807, 2.05) is 16.8 Å². The first kappa shape index (κ1) is 14.1. The molecule has 0 amide bonds. The molecule has 1 aromatic heterocycles. The highest BCUT2D eigenvalue weighted by molar-refractivity contribution is 5.91. The van der Waals surface area contributed by atoms with Crippen LogP contribution >= 0.6 is 0 Å². The Morgan fingerprint density at radius 1 is 1.45 bits per heavy atom. The largest absolute Gasteiger partial charge is 0.496 e. The van der Waals surface area contributed by atoms with Gasteiger partial charge in [-0.2, -0.15) is 0 Å². The first-order valence-electron chi connectivity index (χ1n) is 6.56. The second-order valence-corrected chi connectivity index (χ2v) is 4.56. The van der Waals surface area contributed by atoms with Gasteiger partial charge in [0, 0.05) is 25.4 Å². The molecule has 0 unspecified atom stereocenters. The van der Waals surface area contributed by atoms with Crippen molar-refractivity contribution in [1.29, 1.82) is 0 Å². The first-order chi connectivity index (χ1) is 9.65. The highest BCUT2D eigenvalue weighted by atomic mass is 16.5. The molecule has 0 aliphatic rings. The summed E-state index contributed by atoms with van der Waals surface area (Å²) in [6, 6.07) is 5.22. The minimum absolute atomic E-state index is 0.183. The Labute approximate surface area is 117 Å². The number of nitrogens with zero attached hydrogens (tertiary/aromatic N) is 2. The highest BCUT2D eigenvalue weighted by Crippen LogP contribution is 2.20. The van der Waals surface area contributed by atoms with Gasteiger partial charge in [0.05, 0.1) is 7.11 Å². The van der Waals surface area contributed by atoms with Crippen LogP contribution in [0, 0.1) is 0 Å². The molecule has 0 bridgehead atoms. The van der Waals surface area contributed by atoms with E-state index in [0.29, 0.717) is 12.3 Å². The summed E-state index contributed by atoms with van der Waals surface area (Å²) in [5.41, 5.74) is 1.10. The zero-order valence-corrected chi connectivity index (χ0v) is 11.7. The van der Waals surface area contributed by atoms with Crippen LogP contribution in [0.1, 0.15) is 35.1 Å². The lowest BCUT2D eigenvalue weighted by molar-refractivity contribution is 0.0693. The molecule has 0 radical (unpaired) electrons. The number of carboxylic acids is 1. The van der Waals surface area contributed by atoms with Gasteiger partial charge in [0.25, 0.3) is 0 Å². The lowest BCUT2D eigenvalue weighted by atomic mass is 10.1. The Hall–Kier alpha value is -2.30. The van der Waals surface area contributed by atoms with Crippen molar-refractivity contribution < 1.29 is 14.6 Å². The molecule has 1 aromatic carbocycles. The number of rotatable bonds is 6. The molecule has 2 rings (SSSR count). The van der Waals surface area contributed by atoms with Crippen LogP contribution in [0.15, 0.2) is 30.6 Å². The van der Waals surface area contributed by atoms with Gasteiger partial charge in [-0.25, -0.2) is 9.78 Å². The molecule has 1 heterocycles. The number of carboxylic acid groups (broad SMARTS) is 1. The molecule has 20 heavy (non-hydrogen) atoms. The van der Waals surface area contributed by atoms with Crippen LogP contribution in [-0.4, -0.2) is 27.7 Å². The number of benzene rings is 1. The van der Waals surface area contributed by atoms with E-state index >= 15 is 0 Å². The molecule has 5 heteroatoms. The summed E-state index contributed by atoms with van der Waals surface area (Å²) in [5.74, 6) is 0.406. The van der Waals surface area contributed by atoms with Crippen molar-refractivity contribution in [3.63, 3.8) is 0 Å². The van der Waals surface area contributed by atoms with Gasteiger partial charge in [0.15, 0.2) is 0 Å². The predicted octanol–water partition coefficient (Wildman–Crippen LogP) is 2.59. The van der Waals surface area contributed by atoms with E-state index in [1.54, 1.807) is 18.3 Å². The van der Waals surface area contributed by atoms with Gasteiger partial charge in [-0.15, -0.1) is 0 Å². The van der Waals surface area contributed by atoms with Crippen LogP contribution in [0.2, 0.25) is 0 Å². The van der Waals surface area contributed by atoms with E-state index < -0.39 is 5.97 Å². The fourth-order valence-electron chi connectivity index (χ4n) is 2.15. The fourth-order valence-corrected chi connectivity index (χ4v) is 2.15. The molecule has 0 saturated heterocycles. The van der Waals surface area contributed by atoms with Crippen molar-refractivity contribution in [3.05, 3.63) is 47.5 Å². The summed E-state index contributed by atoms with van der Waals surface area (Å²) in [6.07, 6.45) is 5.62. The third-order valence-electron chi connectivity index (χ3n) is 3.12. The molecule has 0 aliphatic heterocycles. The van der Waals surface area contributed by atoms with Crippen LogP contribution < -0.4 is 4.74 Å². The lowest BCUT2D eigenvalue weighted by Crippen LogP contribution is -2.06. The van der Waals surface area contributed by atoms with Gasteiger partial charge in [-0.1, -0.05) is 13.0 Å². The molecular weight excluding hydrogens is 256 g/mol. The first-order valence-corrected chi connectivity index (χ1v) is 6.56. The molecule has 0 fully saturated rings. The van der Waals surface area contributed by atoms with Gasteiger partial charge in [-0.05, 0) is 24.1 Å². The Balaban J connectivity index is 2.27. The van der Waals surface area contributed by atoms with Gasteiger partial charge >= 0.3 is 5.97 Å². The van der Waals surface area contributed by atoms with E-state index in [9.17, 15) is 9.90 Å². The van der Waals surface area contributed by atoms with Gasteiger partial charge in [0.1, 0.15) is 17.1 Å². The number of aryl methyl sites for hydroxylation is 1. The maximum atomic E-state index is 11.2. The topological polar surface area (TPSA) is 64.4 Å². The highest BCUT2D eigenvalue weighted by Gasteiger charge is 2.12. The Morgan fingerprint density at radius 2 is 2.25 bits per heavy atom. The Kier molecular flexibility index (Phi) is 4.40. The Morgan fingerprint density at radius 3 is 2.90 bits per heavy atom. The van der Waals surface area contributed by atoms with Crippen LogP contribution in [0.5, 0.6) is 5.75 Å². The second-order valence-electron chi connectivity index (χ2n) is 4.56. The van der Waals surface area contributed by atoms with Crippen molar-refractivity contribution in [3.8, 4) is 5.75 Å². The summed E-state index contributed by atoms with van der Waals surface area (Å²) in [4.78, 5) is 15.5. The summed E-state index contributed by atoms with van der Waals surface area (Å²) in [5, 5.41) is 9.19. The summed E-state index contributed by atoms with van der Waals surface area (Å²) >= 11 is 0. The lowest BCUT2D eigenvalue weighted by Gasteiger charge is -2.10. The van der Waals surface area contributed by atoms with Gasteiger partial charge < -0.3 is 14.4 Å². The number of methoxy groups -OCH3 is 1. The molecule has 5 nitrogen and oxygen atoms in total. The van der Waals surface area contributed by atoms with Gasteiger partial charge in [0.2, 0.25) is 0 Å². The average molecular weight is 274 g/mol. The standard InChI is InChI=1S/C15H18N2O3/c1-3-4-14-16-7-8-17(14)10-11-5-6-13(20-2)12(9-11)15(18)19/h5-9H,3-4,10H2,1-2H3,(H,18,19). The molecule has 106 valence electrons. The zero-order valence-electron chi connectivity index (χ0n) is 11.7. The molecule has 0 saturated carbocycles. The smallest absolute Gasteiger partial charge is 0.339 e. The summed E-state index contributed by atoms with van der Waals surface area (Å²) < 4.78 is 7.10. The van der Waals surface area contributed by atoms with Crippen molar-refractivity contribution in [2.75, 3.05) is 7.11 Å². The average Bonchev–Trinajstić information content (AvgIpc) is 2.86. The number of ether oxygens (including phenoxy) is 1. The molecular formula is C15H18N2O3. The van der Waals surface area contributed by atoms with Crippen molar-refractivity contribution in [1.82, 2.24) is 9.55 Å². The van der Waals surface area contributed by atoms with Gasteiger partial charge in [-0.3, -0.25) is 0 Å². The predicted molar refractivity (Wildman–Crippen MR) is 75.3 cm³/mol. The number of imidazole rings is 1. The van der Waals surface area contributed by atoms with E-state index in [-0.39, 0.29) is 5.56 Å². The third-order valence-corrected chi connectivity index (χ3v) is 3.12. The third kappa shape index (κ3) is 2.99. The molecule has 0 spiro atoms. The van der Waals surface area contributed by atoms with Crippen LogP contribution in [0.25, 0.3) is 0 Å². The second kappa shape index (κ2) is 6.23. The number of aromatic nitrogens is 2. The van der Waals surface area contributed by atoms with Crippen LogP contribution in [-0.2, 0) is 13.0 Å². The minimum Gasteiger partial charge on any atom is -0.496 e. The molecule has 0 aliphatic carbocycles. The SMILES string of the molecule is CCCc1nccn1Cc1ccc(OC)c(C(=O)O)c1. The maximum Gasteiger partial charge on any atom is 0.339 e. The van der Waals surface area contributed by atoms with Crippen LogP contribution in [0.4, 0.5) is 0 Å². The minimum atomic E-state index is -0.983. The molecule has 2 aromatic rings. The van der Waals surface area contributed by atoms with Crippen molar-refractivity contribution >= 4 is 5.97 Å². The number of hydrogen-bond donors (Lipinski definition) is 1. The zero-order chi connectivity index (χ0) is 14.5. The number of carbonyl (C=O) groups is 1. The maximum absolute atomic E-state index is 11.2. The summed E-state index contributed by atoms with van der Waals surface area (Å²) in [6.45, 7) is 2.72. The Bertz CT molecular complexity index is 605. The monoisotopic (exact) mass is 274 g/mol. The normalized spacial score (nSPS) is 10.5. The molecule has 1 N–H and O–H groups in total. The summed E-state index contributed by atoms with van der Waals surface area (Å²) in [7, 11) is 1.47. The van der Waals surface area contributed by atoms with E-state index in [4.69, 9.17) is 4.74 Å². The van der Waals surface area contributed by atoms with E-state index in [1.165, 1.54) is 7.11 Å². The number of hydrogen-bond acceptors (Lipinski definition) is 3. The molecule has 0 atom stereocenters.